The molecule has 0 saturated carbocycles. The van der Waals surface area contributed by atoms with Crippen molar-refractivity contribution in [1.29, 1.82) is 0 Å². The lowest BCUT2D eigenvalue weighted by Crippen LogP contribution is -2.65. The van der Waals surface area contributed by atoms with Crippen LogP contribution in [-0.2, 0) is 23.7 Å². The third-order valence-electron chi connectivity index (χ3n) is 13.9. The van der Waals surface area contributed by atoms with Crippen molar-refractivity contribution in [3.63, 3.8) is 0 Å². The van der Waals surface area contributed by atoms with E-state index in [1.807, 2.05) is 6.08 Å². The highest BCUT2D eigenvalue weighted by Gasteiger charge is 2.51. The van der Waals surface area contributed by atoms with E-state index in [4.69, 9.17) is 18.9 Å². The summed E-state index contributed by atoms with van der Waals surface area (Å²) in [4.78, 5) is 13.2. The van der Waals surface area contributed by atoms with E-state index in [0.29, 0.717) is 12.8 Å². The fourth-order valence-electron chi connectivity index (χ4n) is 9.31. The van der Waals surface area contributed by atoms with Gasteiger partial charge in [-0.15, -0.1) is 0 Å². The normalized spacial score (nSPS) is 26.3. The number of nitrogens with one attached hydrogen (secondary N) is 1. The summed E-state index contributed by atoms with van der Waals surface area (Å²) < 4.78 is 22.7. The zero-order chi connectivity index (χ0) is 50.3. The van der Waals surface area contributed by atoms with E-state index >= 15 is 0 Å². The van der Waals surface area contributed by atoms with E-state index in [2.05, 4.69) is 31.3 Å². The average molecular weight is 986 g/mol. The molecule has 12 unspecified atom stereocenters. The number of hydrogen-bond acceptors (Lipinski definition) is 13. The third-order valence-corrected chi connectivity index (χ3v) is 13.9. The number of unbranched alkanes of at least 4 members (excludes halogenated alkanes) is 29. The van der Waals surface area contributed by atoms with Gasteiger partial charge in [-0.1, -0.05) is 212 Å². The molecule has 0 aliphatic carbocycles. The molecular weight excluding hydrogens is 883 g/mol. The summed E-state index contributed by atoms with van der Waals surface area (Å²) in [5, 5.41) is 86.6. The Kier molecular flexibility index (Phi) is 38.6. The molecule has 0 radical (unpaired) electrons. The summed E-state index contributed by atoms with van der Waals surface area (Å²) in [5.41, 5.74) is 0. The van der Waals surface area contributed by atoms with Crippen LogP contribution in [0.15, 0.2) is 24.3 Å². The maximum absolute atomic E-state index is 13.2. The molecule has 0 aromatic rings. The van der Waals surface area contributed by atoms with Gasteiger partial charge in [0.25, 0.3) is 0 Å². The number of aliphatic hydroxyl groups is 8. The summed E-state index contributed by atoms with van der Waals surface area (Å²) in [6, 6.07) is -0.925. The fourth-order valence-corrected chi connectivity index (χ4v) is 9.31. The minimum Gasteiger partial charge on any atom is -0.394 e. The molecule has 0 aromatic heterocycles. The van der Waals surface area contributed by atoms with Crippen molar-refractivity contribution >= 4 is 5.91 Å². The molecule has 14 heteroatoms. The minimum atomic E-state index is -1.79. The predicted molar refractivity (Wildman–Crippen MR) is 272 cm³/mol. The molecule has 0 aromatic carbocycles. The molecule has 0 bridgehead atoms. The van der Waals surface area contributed by atoms with Gasteiger partial charge in [-0.05, 0) is 32.1 Å². The number of amides is 1. The Morgan fingerprint density at radius 3 is 1.42 bits per heavy atom. The first-order valence-electron chi connectivity index (χ1n) is 28.1. The van der Waals surface area contributed by atoms with Crippen LogP contribution in [0.3, 0.4) is 0 Å². The molecule has 406 valence electrons. The number of aliphatic hydroxyl groups excluding tert-OH is 8. The van der Waals surface area contributed by atoms with E-state index in [9.17, 15) is 45.6 Å². The largest absolute Gasteiger partial charge is 0.394 e. The number of carbonyl (C=O) groups excluding carboxylic acids is 1. The van der Waals surface area contributed by atoms with Gasteiger partial charge in [0.15, 0.2) is 12.6 Å². The quantitative estimate of drug-likeness (QED) is 0.0206. The number of carbonyl (C=O) groups is 1. The molecule has 2 heterocycles. The first-order chi connectivity index (χ1) is 33.6. The Labute approximate surface area is 418 Å². The molecule has 2 rings (SSSR count). The molecule has 2 aliphatic heterocycles. The lowest BCUT2D eigenvalue weighted by atomic mass is 9.97. The molecule has 12 atom stereocenters. The number of ether oxygens (including phenoxy) is 4. The van der Waals surface area contributed by atoms with Crippen molar-refractivity contribution in [2.45, 2.75) is 299 Å². The van der Waals surface area contributed by atoms with Crippen LogP contribution in [0.1, 0.15) is 226 Å². The molecule has 2 aliphatic rings. The van der Waals surface area contributed by atoms with Crippen molar-refractivity contribution in [2.75, 3.05) is 19.8 Å². The van der Waals surface area contributed by atoms with E-state index in [1.165, 1.54) is 154 Å². The summed E-state index contributed by atoms with van der Waals surface area (Å²) in [7, 11) is 0. The predicted octanol–water partition coefficient (Wildman–Crippen LogP) is 8.50. The molecule has 9 N–H and O–H groups in total. The van der Waals surface area contributed by atoms with Crippen LogP contribution in [0.5, 0.6) is 0 Å². The lowest BCUT2D eigenvalue weighted by molar-refractivity contribution is -0.359. The van der Waals surface area contributed by atoms with Gasteiger partial charge in [-0.2, -0.15) is 0 Å². The van der Waals surface area contributed by atoms with Gasteiger partial charge in [0.05, 0.1) is 32.0 Å². The van der Waals surface area contributed by atoms with Crippen molar-refractivity contribution in [2.24, 2.45) is 0 Å². The Morgan fingerprint density at radius 2 is 0.928 bits per heavy atom. The Morgan fingerprint density at radius 1 is 0.507 bits per heavy atom. The van der Waals surface area contributed by atoms with E-state index < -0.39 is 86.8 Å². The molecule has 0 spiro atoms. The smallest absolute Gasteiger partial charge is 0.220 e. The second kappa shape index (κ2) is 41.9. The summed E-state index contributed by atoms with van der Waals surface area (Å²) >= 11 is 0. The van der Waals surface area contributed by atoms with Crippen LogP contribution in [0, 0.1) is 0 Å². The van der Waals surface area contributed by atoms with E-state index in [0.717, 1.165) is 38.5 Å². The summed E-state index contributed by atoms with van der Waals surface area (Å²) in [6.07, 6.45) is 31.2. The molecule has 14 nitrogen and oxygen atoms in total. The van der Waals surface area contributed by atoms with Crippen molar-refractivity contribution in [3.8, 4) is 0 Å². The van der Waals surface area contributed by atoms with Gasteiger partial charge in [0, 0.05) is 6.42 Å². The zero-order valence-corrected chi connectivity index (χ0v) is 43.3. The van der Waals surface area contributed by atoms with Gasteiger partial charge in [-0.3, -0.25) is 4.79 Å². The first kappa shape index (κ1) is 63.6. The maximum Gasteiger partial charge on any atom is 0.220 e. The van der Waals surface area contributed by atoms with Gasteiger partial charge in [0.1, 0.15) is 48.8 Å². The van der Waals surface area contributed by atoms with Gasteiger partial charge in [0.2, 0.25) is 5.91 Å². The van der Waals surface area contributed by atoms with Crippen LogP contribution >= 0.6 is 0 Å². The zero-order valence-electron chi connectivity index (χ0n) is 43.3. The summed E-state index contributed by atoms with van der Waals surface area (Å²) in [6.45, 7) is 2.73. The molecule has 1 amide bonds. The van der Waals surface area contributed by atoms with Crippen LogP contribution < -0.4 is 5.32 Å². The Hall–Kier alpha value is -1.53. The standard InChI is InChI=1S/C55H103NO13/c1-3-5-7-9-11-13-14-15-16-17-18-19-20-21-22-23-24-25-26-27-28-29-31-33-35-37-39-47(60)56-43(44(59)38-36-34-32-30-12-10-8-6-4-2)42-66-54-52(65)50(63)53(46(41-58)68-54)69-55-51(64)49(62)48(61)45(40-57)67-55/h12,30,36,38,43-46,48-55,57-59,61-65H,3-11,13-29,31-35,37,39-42H2,1-2H3,(H,56,60)/b30-12+,38-36+. The number of hydrogen-bond donors (Lipinski definition) is 9. The maximum atomic E-state index is 13.2. The number of rotatable bonds is 44. The highest BCUT2D eigenvalue weighted by molar-refractivity contribution is 5.76. The van der Waals surface area contributed by atoms with Crippen LogP contribution in [0.25, 0.3) is 0 Å². The third kappa shape index (κ3) is 28.5. The minimum absolute atomic E-state index is 0.248. The monoisotopic (exact) mass is 986 g/mol. The topological polar surface area (TPSA) is 228 Å². The second-order valence-electron chi connectivity index (χ2n) is 20.1. The Balaban J connectivity index is 1.68. The van der Waals surface area contributed by atoms with Crippen molar-refractivity contribution in [1.82, 2.24) is 5.32 Å². The van der Waals surface area contributed by atoms with Crippen LogP contribution in [-0.4, -0.2) is 140 Å². The van der Waals surface area contributed by atoms with Gasteiger partial charge in [-0.25, -0.2) is 0 Å². The fraction of sp³-hybridized carbons (Fsp3) is 0.909. The SMILES string of the molecule is CCCCC/C=C/CC/C=C/C(O)C(COC1OC(CO)C(OC2OC(CO)C(O)C(O)C2O)C(O)C1O)NC(=O)CCCCCCCCCCCCCCCCCCCCCCCCCCCC. The van der Waals surface area contributed by atoms with E-state index in [1.54, 1.807) is 6.08 Å². The molecule has 2 saturated heterocycles. The molecule has 69 heavy (non-hydrogen) atoms. The average Bonchev–Trinajstić information content (AvgIpc) is 3.35. The van der Waals surface area contributed by atoms with Gasteiger partial charge < -0.3 is 65.1 Å². The highest BCUT2D eigenvalue weighted by Crippen LogP contribution is 2.30. The van der Waals surface area contributed by atoms with Crippen molar-refractivity contribution in [3.05, 3.63) is 24.3 Å². The van der Waals surface area contributed by atoms with Crippen molar-refractivity contribution < 1.29 is 64.6 Å². The second-order valence-corrected chi connectivity index (χ2v) is 20.1. The first-order valence-corrected chi connectivity index (χ1v) is 28.1. The molecular formula is C55H103NO13. The Bertz CT molecular complexity index is 1260. The van der Waals surface area contributed by atoms with Gasteiger partial charge >= 0.3 is 0 Å². The molecule has 2 fully saturated rings. The number of allylic oxidation sites excluding steroid dienone is 3. The van der Waals surface area contributed by atoms with Crippen LogP contribution in [0.2, 0.25) is 0 Å². The lowest BCUT2D eigenvalue weighted by Gasteiger charge is -2.46. The van der Waals surface area contributed by atoms with E-state index in [-0.39, 0.29) is 18.9 Å². The highest BCUT2D eigenvalue weighted by atomic mass is 16.7. The summed E-state index contributed by atoms with van der Waals surface area (Å²) in [5.74, 6) is -0.248. The van der Waals surface area contributed by atoms with Crippen LogP contribution in [0.4, 0.5) is 0 Å².